The first-order valence-corrected chi connectivity index (χ1v) is 5.71. The van der Waals surface area contributed by atoms with Crippen molar-refractivity contribution < 1.29 is 19.1 Å². The molecule has 0 spiro atoms. The zero-order valence-electron chi connectivity index (χ0n) is 9.82. The highest BCUT2D eigenvalue weighted by Crippen LogP contribution is 2.54. The molecule has 0 aromatic rings. The SMILES string of the molecule is COC(CC12CCC(=O)C1CC(=O)C2)OC. The molecule has 2 aliphatic rings. The molecule has 0 radical (unpaired) electrons. The van der Waals surface area contributed by atoms with Gasteiger partial charge in [-0.1, -0.05) is 0 Å². The maximum absolute atomic E-state index is 11.7. The molecule has 0 amide bonds. The summed E-state index contributed by atoms with van der Waals surface area (Å²) in [6.07, 6.45) is 2.72. The van der Waals surface area contributed by atoms with Gasteiger partial charge in [-0.05, 0) is 11.8 Å². The molecule has 0 saturated heterocycles. The highest BCUT2D eigenvalue weighted by atomic mass is 16.7. The Labute approximate surface area is 95.3 Å². The summed E-state index contributed by atoms with van der Waals surface area (Å²) in [4.78, 5) is 23.3. The van der Waals surface area contributed by atoms with E-state index >= 15 is 0 Å². The van der Waals surface area contributed by atoms with E-state index in [1.807, 2.05) is 0 Å². The largest absolute Gasteiger partial charge is 0.356 e. The number of ether oxygens (including phenoxy) is 2. The third-order valence-corrected chi connectivity index (χ3v) is 4.08. The van der Waals surface area contributed by atoms with Gasteiger partial charge in [0.25, 0.3) is 0 Å². The van der Waals surface area contributed by atoms with Crippen molar-refractivity contribution in [3.05, 3.63) is 0 Å². The lowest BCUT2D eigenvalue weighted by Crippen LogP contribution is -2.30. The standard InChI is InChI=1S/C12H18O4/c1-15-11(16-2)7-12-4-3-10(14)9(12)5-8(13)6-12/h9,11H,3-7H2,1-2H3. The molecule has 90 valence electrons. The van der Waals surface area contributed by atoms with Crippen molar-refractivity contribution >= 4 is 11.6 Å². The summed E-state index contributed by atoms with van der Waals surface area (Å²) < 4.78 is 10.4. The van der Waals surface area contributed by atoms with Crippen LogP contribution in [0.5, 0.6) is 0 Å². The maximum atomic E-state index is 11.7. The molecule has 2 unspecified atom stereocenters. The van der Waals surface area contributed by atoms with Crippen LogP contribution >= 0.6 is 0 Å². The molecule has 0 N–H and O–H groups in total. The van der Waals surface area contributed by atoms with E-state index in [0.29, 0.717) is 25.7 Å². The van der Waals surface area contributed by atoms with Crippen LogP contribution in [0.3, 0.4) is 0 Å². The number of Topliss-reactive ketones (excluding diaryl/α,β-unsaturated/α-hetero) is 2. The summed E-state index contributed by atoms with van der Waals surface area (Å²) in [5.74, 6) is 0.383. The van der Waals surface area contributed by atoms with Crippen LogP contribution in [-0.4, -0.2) is 32.1 Å². The van der Waals surface area contributed by atoms with Gasteiger partial charge >= 0.3 is 0 Å². The monoisotopic (exact) mass is 226 g/mol. The summed E-state index contributed by atoms with van der Waals surface area (Å²) >= 11 is 0. The van der Waals surface area contributed by atoms with Gasteiger partial charge in [0.15, 0.2) is 6.29 Å². The van der Waals surface area contributed by atoms with Crippen LogP contribution in [0, 0.1) is 11.3 Å². The average Bonchev–Trinajstić information content (AvgIpc) is 2.73. The van der Waals surface area contributed by atoms with Gasteiger partial charge in [0, 0.05) is 45.8 Å². The van der Waals surface area contributed by atoms with Crippen molar-refractivity contribution in [1.82, 2.24) is 0 Å². The average molecular weight is 226 g/mol. The van der Waals surface area contributed by atoms with Gasteiger partial charge in [-0.25, -0.2) is 0 Å². The van der Waals surface area contributed by atoms with Crippen LogP contribution in [-0.2, 0) is 19.1 Å². The topological polar surface area (TPSA) is 52.6 Å². The normalized spacial score (nSPS) is 33.8. The number of ketones is 2. The Morgan fingerprint density at radius 3 is 2.69 bits per heavy atom. The summed E-state index contributed by atoms with van der Waals surface area (Å²) in [5.41, 5.74) is -0.176. The molecule has 0 aliphatic heterocycles. The van der Waals surface area contributed by atoms with Crippen molar-refractivity contribution in [3.8, 4) is 0 Å². The Morgan fingerprint density at radius 2 is 2.06 bits per heavy atom. The molecule has 2 atom stereocenters. The maximum Gasteiger partial charge on any atom is 0.157 e. The molecule has 4 nitrogen and oxygen atoms in total. The second-order valence-electron chi connectivity index (χ2n) is 4.91. The Kier molecular flexibility index (Phi) is 3.13. The van der Waals surface area contributed by atoms with Gasteiger partial charge in [0.2, 0.25) is 0 Å². The number of rotatable bonds is 4. The first-order chi connectivity index (χ1) is 7.61. The molecule has 2 rings (SSSR count). The van der Waals surface area contributed by atoms with Crippen molar-refractivity contribution in [3.63, 3.8) is 0 Å². The van der Waals surface area contributed by atoms with Crippen molar-refractivity contribution in [2.45, 2.75) is 38.4 Å². The molecule has 16 heavy (non-hydrogen) atoms. The predicted octanol–water partition coefficient (Wildman–Crippen LogP) is 1.32. The fourth-order valence-corrected chi connectivity index (χ4v) is 3.21. The van der Waals surface area contributed by atoms with Crippen molar-refractivity contribution in [1.29, 1.82) is 0 Å². The first-order valence-electron chi connectivity index (χ1n) is 5.71. The Balaban J connectivity index is 2.15. The van der Waals surface area contributed by atoms with Crippen LogP contribution in [0.15, 0.2) is 0 Å². The van der Waals surface area contributed by atoms with E-state index in [0.717, 1.165) is 6.42 Å². The minimum absolute atomic E-state index is 0.0761. The Morgan fingerprint density at radius 1 is 1.38 bits per heavy atom. The number of hydrogen-bond donors (Lipinski definition) is 0. The fourth-order valence-electron chi connectivity index (χ4n) is 3.21. The number of carbonyl (C=O) groups excluding carboxylic acids is 2. The molecular formula is C12H18O4. The lowest BCUT2D eigenvalue weighted by Gasteiger charge is -2.30. The van der Waals surface area contributed by atoms with Crippen molar-refractivity contribution in [2.24, 2.45) is 11.3 Å². The van der Waals surface area contributed by atoms with E-state index in [1.165, 1.54) is 0 Å². The van der Waals surface area contributed by atoms with Gasteiger partial charge in [-0.2, -0.15) is 0 Å². The highest BCUT2D eigenvalue weighted by molar-refractivity contribution is 5.94. The molecule has 0 bridgehead atoms. The lowest BCUT2D eigenvalue weighted by molar-refractivity contribution is -0.133. The molecule has 4 heteroatoms. The Bertz CT molecular complexity index is 308. The van der Waals surface area contributed by atoms with Gasteiger partial charge in [0.05, 0.1) is 0 Å². The highest BCUT2D eigenvalue weighted by Gasteiger charge is 2.54. The second-order valence-corrected chi connectivity index (χ2v) is 4.91. The second kappa shape index (κ2) is 4.26. The molecule has 2 saturated carbocycles. The summed E-state index contributed by atoms with van der Waals surface area (Å²) in [6, 6.07) is 0. The zero-order chi connectivity index (χ0) is 11.8. The fraction of sp³-hybridized carbons (Fsp3) is 0.833. The van der Waals surface area contributed by atoms with E-state index in [4.69, 9.17) is 9.47 Å². The first kappa shape index (κ1) is 11.7. The summed E-state index contributed by atoms with van der Waals surface area (Å²) in [5, 5.41) is 0. The third kappa shape index (κ3) is 1.80. The number of hydrogen-bond acceptors (Lipinski definition) is 4. The van der Waals surface area contributed by atoms with Crippen LogP contribution in [0.4, 0.5) is 0 Å². The third-order valence-electron chi connectivity index (χ3n) is 4.08. The van der Waals surface area contributed by atoms with Gasteiger partial charge in [-0.15, -0.1) is 0 Å². The van der Waals surface area contributed by atoms with Crippen molar-refractivity contribution in [2.75, 3.05) is 14.2 Å². The van der Waals surface area contributed by atoms with Crippen LogP contribution in [0.1, 0.15) is 32.1 Å². The van der Waals surface area contributed by atoms with E-state index in [2.05, 4.69) is 0 Å². The summed E-state index contributed by atoms with van der Waals surface area (Å²) in [6.45, 7) is 0. The zero-order valence-corrected chi connectivity index (χ0v) is 9.82. The van der Waals surface area contributed by atoms with E-state index < -0.39 is 0 Å². The van der Waals surface area contributed by atoms with Crippen LogP contribution < -0.4 is 0 Å². The van der Waals surface area contributed by atoms with E-state index in [-0.39, 0.29) is 29.2 Å². The molecule has 0 aromatic carbocycles. The molecule has 2 fully saturated rings. The lowest BCUT2D eigenvalue weighted by atomic mass is 9.77. The van der Waals surface area contributed by atoms with Gasteiger partial charge in [0.1, 0.15) is 11.6 Å². The number of methoxy groups -OCH3 is 2. The molecule has 0 heterocycles. The molecular weight excluding hydrogens is 208 g/mol. The molecule has 0 aromatic heterocycles. The minimum Gasteiger partial charge on any atom is -0.356 e. The quantitative estimate of drug-likeness (QED) is 0.678. The van der Waals surface area contributed by atoms with Gasteiger partial charge in [-0.3, -0.25) is 9.59 Å². The van der Waals surface area contributed by atoms with Crippen LogP contribution in [0.25, 0.3) is 0 Å². The number of carbonyl (C=O) groups is 2. The minimum atomic E-state index is -0.306. The molecule has 2 aliphatic carbocycles. The van der Waals surface area contributed by atoms with E-state index in [1.54, 1.807) is 14.2 Å². The summed E-state index contributed by atoms with van der Waals surface area (Å²) in [7, 11) is 3.18. The smallest absolute Gasteiger partial charge is 0.157 e. The number of fused-ring (bicyclic) bond motifs is 1. The Hall–Kier alpha value is -0.740. The van der Waals surface area contributed by atoms with E-state index in [9.17, 15) is 9.59 Å². The van der Waals surface area contributed by atoms with Crippen LogP contribution in [0.2, 0.25) is 0 Å². The predicted molar refractivity (Wildman–Crippen MR) is 56.8 cm³/mol. The van der Waals surface area contributed by atoms with Gasteiger partial charge < -0.3 is 9.47 Å².